The first-order valence-corrected chi connectivity index (χ1v) is 12.1. The minimum atomic E-state index is -0.272. The second kappa shape index (κ2) is 9.34. The van der Waals surface area contributed by atoms with Gasteiger partial charge in [0, 0.05) is 39.5 Å². The van der Waals surface area contributed by atoms with E-state index in [4.69, 9.17) is 9.15 Å². The van der Waals surface area contributed by atoms with Crippen LogP contribution in [-0.4, -0.2) is 24.3 Å². The Bertz CT molecular complexity index is 1360. The van der Waals surface area contributed by atoms with Crippen molar-refractivity contribution in [1.29, 1.82) is 0 Å². The molecule has 0 spiro atoms. The summed E-state index contributed by atoms with van der Waals surface area (Å²) in [5.74, 6) is 1.62. The van der Waals surface area contributed by atoms with Gasteiger partial charge in [-0.2, -0.15) is 0 Å². The molecule has 0 saturated heterocycles. The van der Waals surface area contributed by atoms with E-state index in [9.17, 15) is 9.59 Å². The number of ether oxygens (including phenoxy) is 1. The van der Waals surface area contributed by atoms with Crippen LogP contribution in [-0.2, 0) is 11.8 Å². The summed E-state index contributed by atoms with van der Waals surface area (Å²) >= 11 is 0. The largest absolute Gasteiger partial charge is 0.497 e. The van der Waals surface area contributed by atoms with Crippen molar-refractivity contribution in [2.75, 3.05) is 12.4 Å². The quantitative estimate of drug-likeness (QED) is 0.327. The van der Waals surface area contributed by atoms with Crippen LogP contribution in [0.1, 0.15) is 78.0 Å². The third kappa shape index (κ3) is 5.38. The summed E-state index contributed by atoms with van der Waals surface area (Å²) in [6.45, 7) is 12.1. The summed E-state index contributed by atoms with van der Waals surface area (Å²) in [6.07, 6.45) is 2.46. The molecule has 1 amide bonds. The number of hydrogen-bond acceptors (Lipinski definition) is 5. The number of carbonyl (C=O) groups excluding carboxylic acids is 2. The van der Waals surface area contributed by atoms with Crippen molar-refractivity contribution in [1.82, 2.24) is 5.32 Å². The molecule has 0 aliphatic carbocycles. The average Bonchev–Trinajstić information content (AvgIpc) is 3.20. The highest BCUT2D eigenvalue weighted by Crippen LogP contribution is 2.33. The molecule has 6 heteroatoms. The first-order chi connectivity index (χ1) is 16.9. The second-order valence-corrected chi connectivity index (χ2v) is 11.0. The molecule has 0 bridgehead atoms. The lowest BCUT2D eigenvalue weighted by Gasteiger charge is -2.35. The van der Waals surface area contributed by atoms with Crippen LogP contribution in [0.5, 0.6) is 5.75 Å². The number of hydrogen-bond donors (Lipinski definition) is 2. The average molecular weight is 487 g/mol. The molecule has 3 aromatic rings. The summed E-state index contributed by atoms with van der Waals surface area (Å²) < 4.78 is 11.2. The lowest BCUT2D eigenvalue weighted by molar-refractivity contribution is 0.102. The van der Waals surface area contributed by atoms with Crippen LogP contribution < -0.4 is 15.4 Å². The van der Waals surface area contributed by atoms with E-state index in [1.54, 1.807) is 50.4 Å². The van der Waals surface area contributed by atoms with Gasteiger partial charge >= 0.3 is 0 Å². The summed E-state index contributed by atoms with van der Waals surface area (Å²) in [5, 5.41) is 6.40. The summed E-state index contributed by atoms with van der Waals surface area (Å²) in [6, 6.07) is 14.7. The van der Waals surface area contributed by atoms with Gasteiger partial charge < -0.3 is 19.8 Å². The molecule has 2 aromatic carbocycles. The van der Waals surface area contributed by atoms with E-state index < -0.39 is 0 Å². The predicted molar refractivity (Wildman–Crippen MR) is 143 cm³/mol. The Balaban J connectivity index is 1.59. The maximum absolute atomic E-state index is 13.3. The summed E-state index contributed by atoms with van der Waals surface area (Å²) in [4.78, 5) is 26.2. The van der Waals surface area contributed by atoms with E-state index in [0.717, 1.165) is 34.8 Å². The van der Waals surface area contributed by atoms with Crippen molar-refractivity contribution in [3.8, 4) is 5.75 Å². The molecule has 1 aliphatic rings. The molecule has 2 heterocycles. The SMILES string of the molecule is COc1ccc2c(c1)/C(=C/C(=O)c1cccc(NC(=O)c3cc(C(C)(C)C)oc3C)c1)NC(C)(C)C2. The van der Waals surface area contributed by atoms with Crippen LogP contribution in [0, 0.1) is 6.92 Å². The molecule has 6 nitrogen and oxygen atoms in total. The lowest BCUT2D eigenvalue weighted by atomic mass is 9.85. The van der Waals surface area contributed by atoms with Gasteiger partial charge in [0.05, 0.1) is 12.7 Å². The van der Waals surface area contributed by atoms with E-state index in [0.29, 0.717) is 22.6 Å². The number of nitrogens with one attached hydrogen (secondary N) is 2. The topological polar surface area (TPSA) is 80.6 Å². The Morgan fingerprint density at radius 3 is 2.53 bits per heavy atom. The van der Waals surface area contributed by atoms with E-state index >= 15 is 0 Å². The Morgan fingerprint density at radius 1 is 1.11 bits per heavy atom. The van der Waals surface area contributed by atoms with Gasteiger partial charge in [-0.3, -0.25) is 9.59 Å². The Labute approximate surface area is 212 Å². The molecule has 2 N–H and O–H groups in total. The van der Waals surface area contributed by atoms with Gasteiger partial charge in [0.25, 0.3) is 5.91 Å². The molecule has 36 heavy (non-hydrogen) atoms. The third-order valence-electron chi connectivity index (χ3n) is 6.29. The number of aryl methyl sites for hydroxylation is 1. The minimum absolute atomic E-state index is 0.158. The van der Waals surface area contributed by atoms with E-state index in [1.165, 1.54) is 0 Å². The normalized spacial score (nSPS) is 15.7. The minimum Gasteiger partial charge on any atom is -0.497 e. The van der Waals surface area contributed by atoms with Crippen LogP contribution >= 0.6 is 0 Å². The molecule has 188 valence electrons. The van der Waals surface area contributed by atoms with Crippen molar-refractivity contribution < 1.29 is 18.7 Å². The summed E-state index contributed by atoms with van der Waals surface area (Å²) in [7, 11) is 1.63. The molecule has 0 saturated carbocycles. The fourth-order valence-corrected chi connectivity index (χ4v) is 4.39. The first-order valence-electron chi connectivity index (χ1n) is 12.1. The number of anilines is 1. The fraction of sp³-hybridized carbons (Fsp3) is 0.333. The molecular weight excluding hydrogens is 452 g/mol. The van der Waals surface area contributed by atoms with Crippen LogP contribution in [0.15, 0.2) is 59.0 Å². The predicted octanol–water partition coefficient (Wildman–Crippen LogP) is 6.29. The lowest BCUT2D eigenvalue weighted by Crippen LogP contribution is -2.43. The third-order valence-corrected chi connectivity index (χ3v) is 6.29. The number of rotatable bonds is 5. The molecule has 4 rings (SSSR count). The standard InChI is InChI=1S/C30H34N2O4/c1-18-23(15-27(36-18)29(2,3)4)28(34)31-21-10-8-9-19(13-21)26(33)16-25-24-14-22(35-7)12-11-20(24)17-30(5,6)32-25/h8-16,32H,17H2,1-7H3,(H,31,34)/b25-16-. The van der Waals surface area contributed by atoms with Gasteiger partial charge in [-0.25, -0.2) is 0 Å². The van der Waals surface area contributed by atoms with Gasteiger partial charge in [-0.05, 0) is 63.1 Å². The number of furan rings is 1. The molecule has 1 aliphatic heterocycles. The smallest absolute Gasteiger partial charge is 0.259 e. The maximum atomic E-state index is 13.3. The monoisotopic (exact) mass is 486 g/mol. The Morgan fingerprint density at radius 2 is 1.86 bits per heavy atom. The van der Waals surface area contributed by atoms with Crippen LogP contribution in [0.4, 0.5) is 5.69 Å². The van der Waals surface area contributed by atoms with Crippen molar-refractivity contribution in [3.05, 3.63) is 88.4 Å². The zero-order valence-electron chi connectivity index (χ0n) is 22.0. The van der Waals surface area contributed by atoms with Gasteiger partial charge in [0.1, 0.15) is 17.3 Å². The fourth-order valence-electron chi connectivity index (χ4n) is 4.39. The number of amides is 1. The number of fused-ring (bicyclic) bond motifs is 1. The number of methoxy groups -OCH3 is 1. The molecule has 0 atom stereocenters. The summed E-state index contributed by atoms with van der Waals surface area (Å²) in [5.41, 5.74) is 3.98. The highest BCUT2D eigenvalue weighted by Gasteiger charge is 2.28. The second-order valence-electron chi connectivity index (χ2n) is 11.0. The number of ketones is 1. The molecule has 1 aromatic heterocycles. The molecular formula is C30H34N2O4. The van der Waals surface area contributed by atoms with Crippen LogP contribution in [0.3, 0.4) is 0 Å². The molecule has 0 radical (unpaired) electrons. The van der Waals surface area contributed by atoms with Crippen molar-refractivity contribution in [2.24, 2.45) is 0 Å². The first kappa shape index (κ1) is 25.3. The van der Waals surface area contributed by atoms with Crippen molar-refractivity contribution in [2.45, 2.75) is 58.9 Å². The van der Waals surface area contributed by atoms with E-state index in [2.05, 4.69) is 24.5 Å². The zero-order valence-corrected chi connectivity index (χ0v) is 22.0. The maximum Gasteiger partial charge on any atom is 0.259 e. The van der Waals surface area contributed by atoms with Gasteiger partial charge in [-0.1, -0.05) is 39.0 Å². The zero-order chi connectivity index (χ0) is 26.3. The number of benzene rings is 2. The number of allylic oxidation sites excluding steroid dienone is 1. The van der Waals surface area contributed by atoms with Crippen molar-refractivity contribution in [3.63, 3.8) is 0 Å². The van der Waals surface area contributed by atoms with Crippen molar-refractivity contribution >= 4 is 23.1 Å². The Hall–Kier alpha value is -3.80. The van der Waals surface area contributed by atoms with Gasteiger partial charge in [-0.15, -0.1) is 0 Å². The van der Waals surface area contributed by atoms with Gasteiger partial charge in [0.15, 0.2) is 5.78 Å². The van der Waals surface area contributed by atoms with E-state index in [-0.39, 0.29) is 22.6 Å². The van der Waals surface area contributed by atoms with Gasteiger partial charge in [0.2, 0.25) is 0 Å². The van der Waals surface area contributed by atoms with Crippen LogP contribution in [0.25, 0.3) is 5.70 Å². The Kier molecular flexibility index (Phi) is 6.56. The van der Waals surface area contributed by atoms with E-state index in [1.807, 2.05) is 39.0 Å². The molecule has 0 unspecified atom stereocenters. The highest BCUT2D eigenvalue weighted by molar-refractivity contribution is 6.10. The van der Waals surface area contributed by atoms with Crippen LogP contribution in [0.2, 0.25) is 0 Å². The highest BCUT2D eigenvalue weighted by atomic mass is 16.5. The molecule has 0 fully saturated rings. The number of carbonyl (C=O) groups is 2.